The van der Waals surface area contributed by atoms with Gasteiger partial charge in [0.1, 0.15) is 10.6 Å². The minimum atomic E-state index is -3.55. The number of ether oxygens (including phenoxy) is 1. The summed E-state index contributed by atoms with van der Waals surface area (Å²) in [6.45, 7) is 3.13. The fraction of sp³-hybridized carbons (Fsp3) is 0.500. The van der Waals surface area contributed by atoms with Crippen molar-refractivity contribution < 1.29 is 13.2 Å². The van der Waals surface area contributed by atoms with Crippen LogP contribution in [0.25, 0.3) is 0 Å². The molecule has 5 nitrogen and oxygen atoms in total. The number of halogens is 1. The predicted octanol–water partition coefficient (Wildman–Crippen LogP) is 2.07. The highest BCUT2D eigenvalue weighted by Crippen LogP contribution is 2.35. The molecule has 7 heteroatoms. The Morgan fingerprint density at radius 1 is 1.47 bits per heavy atom. The highest BCUT2D eigenvalue weighted by molar-refractivity contribution is 9.10. The summed E-state index contributed by atoms with van der Waals surface area (Å²) in [5, 5.41) is 0. The Balaban J connectivity index is 2.48. The average Bonchev–Trinajstić information content (AvgIpc) is 2.79. The number of sulfonamides is 1. The van der Waals surface area contributed by atoms with E-state index in [-0.39, 0.29) is 4.90 Å². The fourth-order valence-electron chi connectivity index (χ4n) is 2.16. The summed E-state index contributed by atoms with van der Waals surface area (Å²) in [6.07, 6.45) is 0.882. The molecule has 0 bridgehead atoms. The van der Waals surface area contributed by atoms with Gasteiger partial charge in [-0.3, -0.25) is 0 Å². The summed E-state index contributed by atoms with van der Waals surface area (Å²) in [5.74, 6) is 0.689. The van der Waals surface area contributed by atoms with Crippen LogP contribution in [-0.4, -0.2) is 32.9 Å². The average molecular weight is 349 g/mol. The van der Waals surface area contributed by atoms with Crippen molar-refractivity contribution in [3.63, 3.8) is 0 Å². The van der Waals surface area contributed by atoms with Crippen LogP contribution in [0.2, 0.25) is 0 Å². The lowest BCUT2D eigenvalue weighted by Gasteiger charge is -2.18. The van der Waals surface area contributed by atoms with Gasteiger partial charge >= 0.3 is 0 Å². The van der Waals surface area contributed by atoms with Crippen LogP contribution < -0.4 is 10.5 Å². The van der Waals surface area contributed by atoms with E-state index in [0.717, 1.165) is 6.42 Å². The molecule has 2 rings (SSSR count). The molecule has 0 saturated carbocycles. The van der Waals surface area contributed by atoms with Crippen molar-refractivity contribution in [1.82, 2.24) is 4.31 Å². The van der Waals surface area contributed by atoms with Crippen LogP contribution in [0.3, 0.4) is 0 Å². The van der Waals surface area contributed by atoms with Crippen LogP contribution in [0.15, 0.2) is 21.5 Å². The van der Waals surface area contributed by atoms with Gasteiger partial charge in [0.2, 0.25) is 10.0 Å². The second-order valence-electron chi connectivity index (χ2n) is 4.78. The Labute approximate surface area is 121 Å². The van der Waals surface area contributed by atoms with Gasteiger partial charge in [-0.15, -0.1) is 0 Å². The van der Waals surface area contributed by atoms with Crippen molar-refractivity contribution in [2.24, 2.45) is 5.92 Å². The van der Waals surface area contributed by atoms with Crippen LogP contribution >= 0.6 is 15.9 Å². The number of nitrogen functional groups attached to an aromatic ring is 1. The molecular weight excluding hydrogens is 332 g/mol. The molecule has 106 valence electrons. The number of nitrogens with two attached hydrogens (primary N) is 1. The highest BCUT2D eigenvalue weighted by Gasteiger charge is 2.33. The van der Waals surface area contributed by atoms with Crippen LogP contribution in [0, 0.1) is 5.92 Å². The summed E-state index contributed by atoms with van der Waals surface area (Å²) < 4.78 is 32.5. The van der Waals surface area contributed by atoms with E-state index in [4.69, 9.17) is 10.5 Å². The minimum absolute atomic E-state index is 0.129. The summed E-state index contributed by atoms with van der Waals surface area (Å²) >= 11 is 3.27. The molecule has 1 atom stereocenters. The van der Waals surface area contributed by atoms with Gasteiger partial charge in [-0.2, -0.15) is 4.31 Å². The molecule has 1 aliphatic heterocycles. The van der Waals surface area contributed by atoms with E-state index in [2.05, 4.69) is 15.9 Å². The van der Waals surface area contributed by atoms with Gasteiger partial charge in [0.15, 0.2) is 0 Å². The van der Waals surface area contributed by atoms with E-state index in [9.17, 15) is 8.42 Å². The Morgan fingerprint density at radius 3 is 2.68 bits per heavy atom. The minimum Gasteiger partial charge on any atom is -0.495 e. The summed E-state index contributed by atoms with van der Waals surface area (Å²) in [6, 6.07) is 3.03. The normalized spacial score (nSPS) is 20.7. The topological polar surface area (TPSA) is 72.6 Å². The van der Waals surface area contributed by atoms with Crippen molar-refractivity contribution in [3.05, 3.63) is 16.6 Å². The Bertz CT molecular complexity index is 589. The molecule has 0 amide bonds. The Hall–Kier alpha value is -0.790. The maximum absolute atomic E-state index is 12.6. The smallest absolute Gasteiger partial charge is 0.246 e. The lowest BCUT2D eigenvalue weighted by molar-refractivity contribution is 0.397. The van der Waals surface area contributed by atoms with E-state index >= 15 is 0 Å². The quantitative estimate of drug-likeness (QED) is 0.848. The van der Waals surface area contributed by atoms with Crippen molar-refractivity contribution in [2.75, 3.05) is 25.9 Å². The first kappa shape index (κ1) is 14.6. The summed E-state index contributed by atoms with van der Waals surface area (Å²) in [7, 11) is -2.10. The lowest BCUT2D eigenvalue weighted by Crippen LogP contribution is -2.29. The third-order valence-corrected chi connectivity index (χ3v) is 5.86. The van der Waals surface area contributed by atoms with E-state index in [1.54, 1.807) is 6.07 Å². The van der Waals surface area contributed by atoms with E-state index in [0.29, 0.717) is 34.9 Å². The van der Waals surface area contributed by atoms with Crippen LogP contribution in [0.5, 0.6) is 5.75 Å². The highest BCUT2D eigenvalue weighted by atomic mass is 79.9. The van der Waals surface area contributed by atoms with Gasteiger partial charge in [-0.25, -0.2) is 8.42 Å². The van der Waals surface area contributed by atoms with Crippen molar-refractivity contribution >= 4 is 31.6 Å². The number of nitrogens with zero attached hydrogens (tertiary/aromatic N) is 1. The maximum Gasteiger partial charge on any atom is 0.246 e. The number of rotatable bonds is 3. The molecule has 19 heavy (non-hydrogen) atoms. The van der Waals surface area contributed by atoms with E-state index in [1.807, 2.05) is 6.92 Å². The Kier molecular flexibility index (Phi) is 4.08. The molecule has 0 radical (unpaired) electrons. The predicted molar refractivity (Wildman–Crippen MR) is 77.6 cm³/mol. The fourth-order valence-corrected chi connectivity index (χ4v) is 4.23. The molecule has 0 spiro atoms. The van der Waals surface area contributed by atoms with Crippen molar-refractivity contribution in [3.8, 4) is 5.75 Å². The van der Waals surface area contributed by atoms with Crippen LogP contribution in [0.4, 0.5) is 5.69 Å². The standard InChI is InChI=1S/C12H17BrN2O3S/c1-8-3-4-15(7-8)19(16,17)12-6-10(14)9(13)5-11(12)18-2/h5-6,8H,3-4,7,14H2,1-2H3. The Morgan fingerprint density at radius 2 is 2.16 bits per heavy atom. The second kappa shape index (κ2) is 5.30. The summed E-state index contributed by atoms with van der Waals surface area (Å²) in [4.78, 5) is 0.129. The lowest BCUT2D eigenvalue weighted by atomic mass is 10.2. The molecule has 1 aliphatic rings. The van der Waals surface area contributed by atoms with Gasteiger partial charge in [-0.05, 0) is 40.4 Å². The largest absolute Gasteiger partial charge is 0.495 e. The molecule has 1 fully saturated rings. The number of anilines is 1. The van der Waals surface area contributed by atoms with Crippen LogP contribution in [0.1, 0.15) is 13.3 Å². The second-order valence-corrected chi connectivity index (χ2v) is 7.54. The van der Waals surface area contributed by atoms with Crippen molar-refractivity contribution in [2.45, 2.75) is 18.2 Å². The van der Waals surface area contributed by atoms with Gasteiger partial charge < -0.3 is 10.5 Å². The van der Waals surface area contributed by atoms with Crippen LogP contribution in [-0.2, 0) is 10.0 Å². The summed E-state index contributed by atoms with van der Waals surface area (Å²) in [5.41, 5.74) is 6.16. The first-order chi connectivity index (χ1) is 8.86. The molecule has 1 unspecified atom stereocenters. The molecular formula is C12H17BrN2O3S. The first-order valence-corrected chi connectivity index (χ1v) is 8.22. The monoisotopic (exact) mass is 348 g/mol. The zero-order chi connectivity index (χ0) is 14.2. The molecule has 0 aliphatic carbocycles. The van der Waals surface area contributed by atoms with Gasteiger partial charge in [0.25, 0.3) is 0 Å². The molecule has 1 aromatic rings. The molecule has 1 saturated heterocycles. The third kappa shape index (κ3) is 2.73. The number of methoxy groups -OCH3 is 1. The SMILES string of the molecule is COc1cc(Br)c(N)cc1S(=O)(=O)N1CCC(C)C1. The maximum atomic E-state index is 12.6. The molecule has 0 aromatic heterocycles. The number of hydrogen-bond donors (Lipinski definition) is 1. The molecule has 2 N–H and O–H groups in total. The molecule has 1 heterocycles. The number of benzene rings is 1. The van der Waals surface area contributed by atoms with Gasteiger partial charge in [0, 0.05) is 23.2 Å². The van der Waals surface area contributed by atoms with Gasteiger partial charge in [-0.1, -0.05) is 6.92 Å². The molecule has 1 aromatic carbocycles. The third-order valence-electron chi connectivity index (χ3n) is 3.29. The first-order valence-electron chi connectivity index (χ1n) is 5.99. The number of hydrogen-bond acceptors (Lipinski definition) is 4. The van der Waals surface area contributed by atoms with E-state index in [1.165, 1.54) is 17.5 Å². The van der Waals surface area contributed by atoms with Crippen molar-refractivity contribution in [1.29, 1.82) is 0 Å². The van der Waals surface area contributed by atoms with E-state index < -0.39 is 10.0 Å². The van der Waals surface area contributed by atoms with Gasteiger partial charge in [0.05, 0.1) is 7.11 Å². The zero-order valence-corrected chi connectivity index (χ0v) is 13.3. The zero-order valence-electron chi connectivity index (χ0n) is 10.9.